The number of benzene rings is 1. The standard InChI is InChI=1S/C14H12N4O3/c1-9-5-12(18-14(17-9)15-8-16-18)21-11-4-2-3-10(6-11)7-13(19)20/h2-6,8H,7H2,1H3,(H,19,20). The molecule has 21 heavy (non-hydrogen) atoms. The Hall–Kier alpha value is -2.96. The molecule has 1 N–H and O–H groups in total. The second kappa shape index (κ2) is 5.20. The number of hydrogen-bond donors (Lipinski definition) is 1. The summed E-state index contributed by atoms with van der Waals surface area (Å²) in [6.07, 6.45) is 1.35. The highest BCUT2D eigenvalue weighted by Crippen LogP contribution is 2.23. The number of carbonyl (C=O) groups is 1. The first kappa shape index (κ1) is 13.0. The Morgan fingerprint density at radius 2 is 2.24 bits per heavy atom. The normalized spacial score (nSPS) is 10.7. The van der Waals surface area contributed by atoms with Crippen LogP contribution in [0.15, 0.2) is 36.7 Å². The summed E-state index contributed by atoms with van der Waals surface area (Å²) in [5.74, 6) is 0.580. The molecule has 0 saturated heterocycles. The number of carboxylic acids is 1. The Morgan fingerprint density at radius 3 is 3.05 bits per heavy atom. The maximum atomic E-state index is 10.8. The van der Waals surface area contributed by atoms with Crippen LogP contribution >= 0.6 is 0 Å². The zero-order valence-electron chi connectivity index (χ0n) is 11.2. The lowest BCUT2D eigenvalue weighted by Crippen LogP contribution is -2.01. The van der Waals surface area contributed by atoms with Crippen LogP contribution in [0.2, 0.25) is 0 Å². The summed E-state index contributed by atoms with van der Waals surface area (Å²) in [6, 6.07) is 8.67. The van der Waals surface area contributed by atoms with E-state index in [4.69, 9.17) is 9.84 Å². The molecule has 0 saturated carbocycles. The van der Waals surface area contributed by atoms with Gasteiger partial charge in [-0.05, 0) is 24.6 Å². The highest BCUT2D eigenvalue weighted by atomic mass is 16.5. The van der Waals surface area contributed by atoms with Gasteiger partial charge in [-0.3, -0.25) is 4.79 Å². The Bertz CT molecular complexity index is 813. The van der Waals surface area contributed by atoms with Crippen LogP contribution < -0.4 is 4.74 Å². The summed E-state index contributed by atoms with van der Waals surface area (Å²) in [5.41, 5.74) is 1.42. The van der Waals surface area contributed by atoms with Gasteiger partial charge in [-0.25, -0.2) is 4.98 Å². The molecule has 106 valence electrons. The maximum absolute atomic E-state index is 10.8. The van der Waals surface area contributed by atoms with Crippen molar-refractivity contribution in [1.82, 2.24) is 19.6 Å². The van der Waals surface area contributed by atoms with Crippen molar-refractivity contribution in [1.29, 1.82) is 0 Å². The third-order valence-electron chi connectivity index (χ3n) is 2.82. The number of aryl methyl sites for hydroxylation is 1. The lowest BCUT2D eigenvalue weighted by molar-refractivity contribution is -0.136. The van der Waals surface area contributed by atoms with E-state index in [9.17, 15) is 4.79 Å². The molecule has 0 aliphatic carbocycles. The van der Waals surface area contributed by atoms with Gasteiger partial charge in [0.25, 0.3) is 5.78 Å². The number of ether oxygens (including phenoxy) is 1. The maximum Gasteiger partial charge on any atom is 0.307 e. The Labute approximate surface area is 119 Å². The first-order valence-corrected chi connectivity index (χ1v) is 6.28. The van der Waals surface area contributed by atoms with Gasteiger partial charge >= 0.3 is 5.97 Å². The van der Waals surface area contributed by atoms with Gasteiger partial charge in [-0.15, -0.1) is 0 Å². The molecule has 0 bridgehead atoms. The number of aliphatic carboxylic acids is 1. The molecule has 3 rings (SSSR count). The van der Waals surface area contributed by atoms with Crippen LogP contribution in [0.5, 0.6) is 11.6 Å². The van der Waals surface area contributed by atoms with Crippen LogP contribution in [-0.4, -0.2) is 30.7 Å². The van der Waals surface area contributed by atoms with E-state index in [1.165, 1.54) is 10.8 Å². The molecule has 0 unspecified atom stereocenters. The molecule has 2 aromatic heterocycles. The van der Waals surface area contributed by atoms with E-state index in [1.54, 1.807) is 30.3 Å². The zero-order chi connectivity index (χ0) is 14.8. The van der Waals surface area contributed by atoms with Crippen LogP contribution in [0.1, 0.15) is 11.3 Å². The lowest BCUT2D eigenvalue weighted by atomic mass is 10.1. The number of rotatable bonds is 4. The molecule has 0 spiro atoms. The van der Waals surface area contributed by atoms with Crippen LogP contribution in [0.3, 0.4) is 0 Å². The molecule has 2 heterocycles. The van der Waals surface area contributed by atoms with Crippen molar-refractivity contribution < 1.29 is 14.6 Å². The van der Waals surface area contributed by atoms with E-state index >= 15 is 0 Å². The highest BCUT2D eigenvalue weighted by molar-refractivity contribution is 5.70. The third kappa shape index (κ3) is 2.81. The van der Waals surface area contributed by atoms with Crippen molar-refractivity contribution in [3.8, 4) is 11.6 Å². The molecule has 7 heteroatoms. The molecule has 7 nitrogen and oxygen atoms in total. The second-order valence-electron chi connectivity index (χ2n) is 4.53. The summed E-state index contributed by atoms with van der Waals surface area (Å²) >= 11 is 0. The molecule has 3 aromatic rings. The number of hydrogen-bond acceptors (Lipinski definition) is 5. The van der Waals surface area contributed by atoms with Gasteiger partial charge in [0.05, 0.1) is 6.42 Å². The monoisotopic (exact) mass is 284 g/mol. The van der Waals surface area contributed by atoms with Crippen LogP contribution in [0, 0.1) is 6.92 Å². The average Bonchev–Trinajstić information content (AvgIpc) is 2.86. The first-order valence-electron chi connectivity index (χ1n) is 6.28. The number of aromatic nitrogens is 4. The SMILES string of the molecule is Cc1cc(Oc2cccc(CC(=O)O)c2)n2ncnc2n1. The lowest BCUT2D eigenvalue weighted by Gasteiger charge is -2.08. The topological polar surface area (TPSA) is 89.6 Å². The van der Waals surface area contributed by atoms with Gasteiger partial charge in [0, 0.05) is 11.8 Å². The Morgan fingerprint density at radius 1 is 1.38 bits per heavy atom. The quantitative estimate of drug-likeness (QED) is 0.786. The van der Waals surface area contributed by atoms with Crippen molar-refractivity contribution in [3.63, 3.8) is 0 Å². The molecule has 0 aliphatic heterocycles. The largest absolute Gasteiger partial charge is 0.481 e. The summed E-state index contributed by atoms with van der Waals surface area (Å²) in [4.78, 5) is 19.0. The molecule has 0 atom stereocenters. The van der Waals surface area contributed by atoms with Crippen molar-refractivity contribution in [2.24, 2.45) is 0 Å². The molecule has 0 radical (unpaired) electrons. The smallest absolute Gasteiger partial charge is 0.307 e. The average molecular weight is 284 g/mol. The van der Waals surface area contributed by atoms with Gasteiger partial charge in [0.15, 0.2) is 0 Å². The van der Waals surface area contributed by atoms with E-state index in [0.29, 0.717) is 23.0 Å². The molecule has 0 fully saturated rings. The number of carboxylic acid groups (broad SMARTS) is 1. The van der Waals surface area contributed by atoms with Gasteiger partial charge in [0.2, 0.25) is 5.88 Å². The summed E-state index contributed by atoms with van der Waals surface area (Å²) in [7, 11) is 0. The minimum atomic E-state index is -0.884. The van der Waals surface area contributed by atoms with E-state index in [0.717, 1.165) is 5.69 Å². The van der Waals surface area contributed by atoms with E-state index in [2.05, 4.69) is 15.1 Å². The van der Waals surface area contributed by atoms with Gasteiger partial charge in [-0.2, -0.15) is 14.6 Å². The van der Waals surface area contributed by atoms with Gasteiger partial charge in [-0.1, -0.05) is 12.1 Å². The van der Waals surface area contributed by atoms with E-state index < -0.39 is 5.97 Å². The molecule has 1 aromatic carbocycles. The number of nitrogens with zero attached hydrogens (tertiary/aromatic N) is 4. The zero-order valence-corrected chi connectivity index (χ0v) is 11.2. The Balaban J connectivity index is 1.95. The minimum absolute atomic E-state index is 0.0503. The highest BCUT2D eigenvalue weighted by Gasteiger charge is 2.09. The van der Waals surface area contributed by atoms with Crippen molar-refractivity contribution in [2.45, 2.75) is 13.3 Å². The fourth-order valence-corrected chi connectivity index (χ4v) is 1.98. The molecule has 0 aliphatic rings. The van der Waals surface area contributed by atoms with Crippen LogP contribution in [-0.2, 0) is 11.2 Å². The van der Waals surface area contributed by atoms with Crippen molar-refractivity contribution in [3.05, 3.63) is 47.9 Å². The van der Waals surface area contributed by atoms with Gasteiger partial charge < -0.3 is 9.84 Å². The summed E-state index contributed by atoms with van der Waals surface area (Å²) in [5, 5.41) is 12.9. The molecule has 0 amide bonds. The van der Waals surface area contributed by atoms with Crippen molar-refractivity contribution in [2.75, 3.05) is 0 Å². The van der Waals surface area contributed by atoms with Gasteiger partial charge in [0.1, 0.15) is 12.1 Å². The fourth-order valence-electron chi connectivity index (χ4n) is 1.98. The van der Waals surface area contributed by atoms with Crippen LogP contribution in [0.4, 0.5) is 0 Å². The Kier molecular flexibility index (Phi) is 3.23. The fraction of sp³-hybridized carbons (Fsp3) is 0.143. The van der Waals surface area contributed by atoms with E-state index in [1.807, 2.05) is 6.92 Å². The minimum Gasteiger partial charge on any atom is -0.481 e. The molecular formula is C14H12N4O3. The van der Waals surface area contributed by atoms with Crippen LogP contribution in [0.25, 0.3) is 5.78 Å². The van der Waals surface area contributed by atoms with Crippen molar-refractivity contribution >= 4 is 11.7 Å². The predicted octanol–water partition coefficient (Wildman–Crippen LogP) is 1.85. The summed E-state index contributed by atoms with van der Waals surface area (Å²) < 4.78 is 7.26. The second-order valence-corrected chi connectivity index (χ2v) is 4.53. The summed E-state index contributed by atoms with van der Waals surface area (Å²) in [6.45, 7) is 1.84. The van der Waals surface area contributed by atoms with E-state index in [-0.39, 0.29) is 6.42 Å². The first-order chi connectivity index (χ1) is 10.1. The number of fused-ring (bicyclic) bond motifs is 1. The predicted molar refractivity (Wildman–Crippen MR) is 73.4 cm³/mol. The molecular weight excluding hydrogens is 272 g/mol. The third-order valence-corrected chi connectivity index (χ3v) is 2.82.